The number of rotatable bonds is 3. The van der Waals surface area contributed by atoms with Crippen LogP contribution in [0.5, 0.6) is 0 Å². The van der Waals surface area contributed by atoms with Crippen molar-refractivity contribution < 1.29 is 41.7 Å². The third-order valence-electron chi connectivity index (χ3n) is 1.69. The second-order valence-corrected chi connectivity index (χ2v) is 4.44. The van der Waals surface area contributed by atoms with Crippen LogP contribution in [0.1, 0.15) is 0 Å². The first kappa shape index (κ1) is 16.8. The molecule has 0 heterocycles. The molecule has 0 atom stereocenters. The zero-order valence-corrected chi connectivity index (χ0v) is 10.3. The van der Waals surface area contributed by atoms with E-state index in [0.717, 1.165) is 6.07 Å². The Hall–Kier alpha value is -1.18. The molecule has 9 nitrogen and oxygen atoms in total. The molecule has 0 N–H and O–H groups in total. The first-order valence-corrected chi connectivity index (χ1v) is 5.52. The summed E-state index contributed by atoms with van der Waals surface area (Å²) < 4.78 is 32.4. The number of benzene rings is 1. The minimum Gasteiger partial charge on any atom is -0.744 e. The van der Waals surface area contributed by atoms with Crippen molar-refractivity contribution in [3.8, 4) is 0 Å². The molecule has 92 valence electrons. The van der Waals surface area contributed by atoms with Crippen LogP contribution in [0.4, 0.5) is 11.4 Å². The first-order valence-electron chi connectivity index (χ1n) is 3.73. The van der Waals surface area contributed by atoms with Crippen molar-refractivity contribution in [2.75, 3.05) is 0 Å². The summed E-state index contributed by atoms with van der Waals surface area (Å²) in [4.78, 5) is 17.1. The van der Waals surface area contributed by atoms with E-state index in [4.69, 9.17) is 11.6 Å². The molecule has 0 amide bonds. The molecule has 12 heteroatoms. The molecule has 0 spiro atoms. The van der Waals surface area contributed by atoms with E-state index >= 15 is 0 Å². The normalized spacial score (nSPS) is 10.6. The van der Waals surface area contributed by atoms with Gasteiger partial charge in [-0.3, -0.25) is 20.2 Å². The SMILES string of the molecule is O=[N+]([O-])c1ccc(Cl)c(S(=O)(=O)[O-])c1[N+](=O)[O-].[Li+]. The van der Waals surface area contributed by atoms with Gasteiger partial charge in [0.25, 0.3) is 0 Å². The van der Waals surface area contributed by atoms with Crippen LogP contribution in [-0.2, 0) is 10.1 Å². The summed E-state index contributed by atoms with van der Waals surface area (Å²) in [5.41, 5.74) is -2.55. The van der Waals surface area contributed by atoms with Gasteiger partial charge in [-0.2, -0.15) is 0 Å². The van der Waals surface area contributed by atoms with Gasteiger partial charge in [-0.1, -0.05) is 11.6 Å². The number of hydrogen-bond donors (Lipinski definition) is 0. The molecule has 0 radical (unpaired) electrons. The predicted molar refractivity (Wildman–Crippen MR) is 52.7 cm³/mol. The van der Waals surface area contributed by atoms with Gasteiger partial charge in [-0.25, -0.2) is 8.42 Å². The molecular weight excluding hydrogens is 287 g/mol. The Bertz CT molecular complexity index is 617. The number of nitro benzene ring substituents is 2. The molecule has 0 saturated heterocycles. The smallest absolute Gasteiger partial charge is 0.744 e. The molecule has 0 unspecified atom stereocenters. The molecule has 1 aromatic rings. The van der Waals surface area contributed by atoms with Gasteiger partial charge in [-0.05, 0) is 6.07 Å². The van der Waals surface area contributed by atoms with E-state index < -0.39 is 41.3 Å². The summed E-state index contributed by atoms with van der Waals surface area (Å²) in [5.74, 6) is 0. The Morgan fingerprint density at radius 1 is 1.11 bits per heavy atom. The van der Waals surface area contributed by atoms with Crippen LogP contribution in [0, 0.1) is 20.2 Å². The van der Waals surface area contributed by atoms with E-state index in [-0.39, 0.29) is 18.9 Å². The summed E-state index contributed by atoms with van der Waals surface area (Å²) in [6, 6.07) is 1.38. The van der Waals surface area contributed by atoms with Gasteiger partial charge in [-0.15, -0.1) is 0 Å². The largest absolute Gasteiger partial charge is 1.00 e. The fourth-order valence-electron chi connectivity index (χ4n) is 1.10. The molecule has 0 aliphatic rings. The van der Waals surface area contributed by atoms with Crippen molar-refractivity contribution in [3.05, 3.63) is 37.4 Å². The van der Waals surface area contributed by atoms with E-state index in [1.807, 2.05) is 0 Å². The minimum absolute atomic E-state index is 0. The average Bonchev–Trinajstić information content (AvgIpc) is 2.14. The molecule has 0 bridgehead atoms. The Morgan fingerprint density at radius 2 is 1.61 bits per heavy atom. The van der Waals surface area contributed by atoms with Crippen LogP contribution in [0.25, 0.3) is 0 Å². The summed E-state index contributed by atoms with van der Waals surface area (Å²) in [5, 5.41) is 20.3. The van der Waals surface area contributed by atoms with Crippen LogP contribution in [0.3, 0.4) is 0 Å². The number of hydrogen-bond acceptors (Lipinski definition) is 7. The summed E-state index contributed by atoms with van der Waals surface area (Å²) in [6.45, 7) is 0. The quantitative estimate of drug-likeness (QED) is 0.272. The fraction of sp³-hybridized carbons (Fsp3) is 0. The third-order valence-corrected chi connectivity index (χ3v) is 3.03. The maximum Gasteiger partial charge on any atom is 1.00 e. The van der Waals surface area contributed by atoms with Gasteiger partial charge >= 0.3 is 30.2 Å². The molecule has 1 aromatic carbocycles. The Labute approximate surface area is 117 Å². The molecule has 0 fully saturated rings. The molecule has 0 aliphatic heterocycles. The topological polar surface area (TPSA) is 143 Å². The van der Waals surface area contributed by atoms with Crippen molar-refractivity contribution in [3.63, 3.8) is 0 Å². The van der Waals surface area contributed by atoms with Gasteiger partial charge < -0.3 is 4.55 Å². The van der Waals surface area contributed by atoms with E-state index in [0.29, 0.717) is 6.07 Å². The molecule has 0 saturated carbocycles. The van der Waals surface area contributed by atoms with Crippen molar-refractivity contribution in [2.45, 2.75) is 4.90 Å². The van der Waals surface area contributed by atoms with E-state index in [1.165, 1.54) is 0 Å². The first-order chi connectivity index (χ1) is 7.66. The molecule has 0 aliphatic carbocycles. The van der Waals surface area contributed by atoms with E-state index in [1.54, 1.807) is 0 Å². The summed E-state index contributed by atoms with van der Waals surface area (Å²) in [6.07, 6.45) is 0. The second-order valence-electron chi connectivity index (χ2n) is 2.71. The van der Waals surface area contributed by atoms with Gasteiger partial charge in [0.05, 0.1) is 14.9 Å². The molecule has 0 aromatic heterocycles. The number of nitrogens with zero attached hydrogens (tertiary/aromatic N) is 2. The maximum atomic E-state index is 10.8. The second kappa shape index (κ2) is 5.64. The van der Waals surface area contributed by atoms with Crippen LogP contribution < -0.4 is 18.9 Å². The summed E-state index contributed by atoms with van der Waals surface area (Å²) in [7, 11) is -5.29. The van der Waals surface area contributed by atoms with Crippen molar-refractivity contribution in [2.24, 2.45) is 0 Å². The predicted octanol–water partition coefficient (Wildman–Crippen LogP) is -1.94. The molecular formula is C6H2ClLiN2O7S. The minimum atomic E-state index is -5.29. The maximum absolute atomic E-state index is 10.8. The van der Waals surface area contributed by atoms with Crippen molar-refractivity contribution in [1.82, 2.24) is 0 Å². The van der Waals surface area contributed by atoms with Gasteiger partial charge in [0, 0.05) is 6.07 Å². The van der Waals surface area contributed by atoms with E-state index in [9.17, 15) is 33.2 Å². The average molecular weight is 289 g/mol. The zero-order chi connectivity index (χ0) is 13.4. The molecule has 18 heavy (non-hydrogen) atoms. The van der Waals surface area contributed by atoms with Crippen LogP contribution in [0.2, 0.25) is 5.02 Å². The van der Waals surface area contributed by atoms with Crippen LogP contribution >= 0.6 is 11.6 Å². The van der Waals surface area contributed by atoms with Crippen molar-refractivity contribution in [1.29, 1.82) is 0 Å². The zero-order valence-electron chi connectivity index (χ0n) is 8.69. The van der Waals surface area contributed by atoms with Gasteiger partial charge in [0.1, 0.15) is 10.1 Å². The Kier molecular flexibility index (Phi) is 5.27. The van der Waals surface area contributed by atoms with Crippen LogP contribution in [-0.4, -0.2) is 22.8 Å². The monoisotopic (exact) mass is 288 g/mol. The van der Waals surface area contributed by atoms with E-state index in [2.05, 4.69) is 0 Å². The third kappa shape index (κ3) is 3.18. The molecule has 1 rings (SSSR count). The standard InChI is InChI=1S/C6H3ClN2O7S.Li/c7-3-1-2-4(8(10)11)5(9(12)13)6(3)17(14,15)16;/h1-2H,(H,14,15,16);/q;+1/p-1. The van der Waals surface area contributed by atoms with Gasteiger partial charge in [0.2, 0.25) is 0 Å². The van der Waals surface area contributed by atoms with Crippen LogP contribution in [0.15, 0.2) is 17.0 Å². The number of halogens is 1. The summed E-state index contributed by atoms with van der Waals surface area (Å²) >= 11 is 5.33. The Morgan fingerprint density at radius 3 is 1.94 bits per heavy atom. The fourth-order valence-corrected chi connectivity index (χ4v) is 2.26. The van der Waals surface area contributed by atoms with Crippen molar-refractivity contribution >= 4 is 33.1 Å². The Balaban J connectivity index is 0.00000289. The van der Waals surface area contributed by atoms with Gasteiger partial charge in [0.15, 0.2) is 4.90 Å². The number of nitro groups is 2.